The Balaban J connectivity index is 1.67. The number of nitrogens with zero attached hydrogens (tertiary/aromatic N) is 4. The van der Waals surface area contributed by atoms with Crippen LogP contribution in [0.1, 0.15) is 31.2 Å². The molecule has 1 fully saturated rings. The molecule has 1 atom stereocenters. The first-order chi connectivity index (χ1) is 14.9. The first kappa shape index (κ1) is 21.2. The molecule has 9 heteroatoms. The topological polar surface area (TPSA) is 105 Å². The number of hydrogen-bond donors (Lipinski definition) is 2. The number of hydrogen-bond acceptors (Lipinski definition) is 6. The molecule has 31 heavy (non-hydrogen) atoms. The Morgan fingerprint density at radius 3 is 2.65 bits per heavy atom. The second kappa shape index (κ2) is 8.97. The maximum Gasteiger partial charge on any atom is 0.329 e. The number of aliphatic hydroxyl groups is 1. The van der Waals surface area contributed by atoms with E-state index in [2.05, 4.69) is 14.9 Å². The van der Waals surface area contributed by atoms with E-state index in [-0.39, 0.29) is 18.7 Å². The predicted molar refractivity (Wildman–Crippen MR) is 119 cm³/mol. The standard InChI is InChI=1S/C22H29N5O4/c1-15-8-7-9-17(12-15)31-14-16(28)13-27-18-19(25(2)22(30)24-20(18)29)23-21(27)26-10-5-3-4-6-11-26/h7-9,12,16,28H,3-6,10-11,13-14H2,1-2H3,(H,24,29,30)/t16-/m0/s1. The Bertz CT molecular complexity index is 1170. The highest BCUT2D eigenvalue weighted by Crippen LogP contribution is 2.23. The van der Waals surface area contributed by atoms with Gasteiger partial charge in [0.25, 0.3) is 5.56 Å². The SMILES string of the molecule is Cc1cccc(OC[C@@H](O)Cn2c(N3CCCCCC3)nc3c2c(=O)[nH]c(=O)n3C)c1. The number of nitrogens with one attached hydrogen (secondary N) is 1. The zero-order chi connectivity index (χ0) is 22.0. The number of H-pyrrole nitrogens is 1. The number of rotatable bonds is 6. The smallest absolute Gasteiger partial charge is 0.329 e. The lowest BCUT2D eigenvalue weighted by Gasteiger charge is -2.23. The van der Waals surface area contributed by atoms with E-state index in [0.717, 1.165) is 44.3 Å². The van der Waals surface area contributed by atoms with E-state index in [1.165, 1.54) is 4.57 Å². The number of aromatic nitrogens is 4. The van der Waals surface area contributed by atoms with Crippen molar-refractivity contribution in [2.24, 2.45) is 7.05 Å². The summed E-state index contributed by atoms with van der Waals surface area (Å²) < 4.78 is 8.81. The summed E-state index contributed by atoms with van der Waals surface area (Å²) in [6.45, 7) is 3.84. The van der Waals surface area contributed by atoms with Gasteiger partial charge in [-0.1, -0.05) is 25.0 Å². The molecule has 0 bridgehead atoms. The monoisotopic (exact) mass is 427 g/mol. The molecule has 3 heterocycles. The van der Waals surface area contributed by atoms with Crippen LogP contribution in [0.2, 0.25) is 0 Å². The van der Waals surface area contributed by atoms with E-state index < -0.39 is 17.4 Å². The van der Waals surface area contributed by atoms with E-state index in [4.69, 9.17) is 4.74 Å². The fourth-order valence-electron chi connectivity index (χ4n) is 4.07. The van der Waals surface area contributed by atoms with Gasteiger partial charge in [0.1, 0.15) is 18.5 Å². The van der Waals surface area contributed by atoms with Gasteiger partial charge in [-0.2, -0.15) is 4.98 Å². The minimum atomic E-state index is -0.861. The predicted octanol–water partition coefficient (Wildman–Crippen LogP) is 1.55. The molecule has 0 unspecified atom stereocenters. The normalized spacial score (nSPS) is 15.8. The third kappa shape index (κ3) is 4.51. The minimum absolute atomic E-state index is 0.0756. The Hall–Kier alpha value is -3.07. The Morgan fingerprint density at radius 2 is 1.94 bits per heavy atom. The summed E-state index contributed by atoms with van der Waals surface area (Å²) in [5.41, 5.74) is 0.672. The molecule has 0 spiro atoms. The van der Waals surface area contributed by atoms with Crippen molar-refractivity contribution in [1.29, 1.82) is 0 Å². The summed E-state index contributed by atoms with van der Waals surface area (Å²) in [6.07, 6.45) is 3.53. The molecule has 3 aromatic rings. The fourth-order valence-corrected chi connectivity index (χ4v) is 4.07. The van der Waals surface area contributed by atoms with Crippen molar-refractivity contribution in [3.05, 3.63) is 50.7 Å². The molecule has 1 aliphatic rings. The van der Waals surface area contributed by atoms with Gasteiger partial charge in [0.15, 0.2) is 11.2 Å². The van der Waals surface area contributed by atoms with Crippen molar-refractivity contribution >= 4 is 17.1 Å². The first-order valence-corrected chi connectivity index (χ1v) is 10.8. The van der Waals surface area contributed by atoms with Crippen LogP contribution in [0, 0.1) is 6.92 Å². The van der Waals surface area contributed by atoms with E-state index >= 15 is 0 Å². The van der Waals surface area contributed by atoms with Gasteiger partial charge in [-0.3, -0.25) is 14.3 Å². The van der Waals surface area contributed by atoms with Crippen LogP contribution in [0.15, 0.2) is 33.9 Å². The lowest BCUT2D eigenvalue weighted by atomic mass is 10.2. The van der Waals surface area contributed by atoms with Gasteiger partial charge >= 0.3 is 5.69 Å². The maximum absolute atomic E-state index is 12.7. The van der Waals surface area contributed by atoms with E-state index in [1.54, 1.807) is 11.6 Å². The molecule has 1 aliphatic heterocycles. The van der Waals surface area contributed by atoms with Crippen molar-refractivity contribution in [1.82, 2.24) is 19.1 Å². The van der Waals surface area contributed by atoms with Crippen molar-refractivity contribution in [2.45, 2.75) is 45.3 Å². The second-order valence-corrected chi connectivity index (χ2v) is 8.20. The number of benzene rings is 1. The molecular formula is C22H29N5O4. The zero-order valence-electron chi connectivity index (χ0n) is 18.0. The van der Waals surface area contributed by atoms with Gasteiger partial charge in [-0.25, -0.2) is 4.79 Å². The van der Waals surface area contributed by atoms with Crippen LogP contribution in [0.3, 0.4) is 0 Å². The molecule has 9 nitrogen and oxygen atoms in total. The molecule has 0 aliphatic carbocycles. The molecule has 2 N–H and O–H groups in total. The van der Waals surface area contributed by atoms with Crippen LogP contribution in [0.5, 0.6) is 5.75 Å². The highest BCUT2D eigenvalue weighted by atomic mass is 16.5. The van der Waals surface area contributed by atoms with Crippen molar-refractivity contribution < 1.29 is 9.84 Å². The maximum atomic E-state index is 12.7. The van der Waals surface area contributed by atoms with Crippen molar-refractivity contribution in [3.63, 3.8) is 0 Å². The van der Waals surface area contributed by atoms with E-state index in [1.807, 2.05) is 31.2 Å². The highest BCUT2D eigenvalue weighted by molar-refractivity contribution is 5.74. The van der Waals surface area contributed by atoms with Gasteiger partial charge in [0.05, 0.1) is 6.54 Å². The Kier molecular flexibility index (Phi) is 6.13. The third-order valence-corrected chi connectivity index (χ3v) is 5.70. The van der Waals surface area contributed by atoms with Crippen LogP contribution in [0.4, 0.5) is 5.95 Å². The largest absolute Gasteiger partial charge is 0.491 e. The number of aryl methyl sites for hydroxylation is 2. The number of aliphatic hydroxyl groups excluding tert-OH is 1. The van der Waals surface area contributed by atoms with Crippen LogP contribution in [-0.2, 0) is 13.6 Å². The number of imidazole rings is 1. The molecular weight excluding hydrogens is 398 g/mol. The number of aromatic amines is 1. The Labute approximate surface area is 179 Å². The molecule has 0 amide bonds. The lowest BCUT2D eigenvalue weighted by molar-refractivity contribution is 0.0936. The van der Waals surface area contributed by atoms with E-state index in [9.17, 15) is 14.7 Å². The summed E-state index contributed by atoms with van der Waals surface area (Å²) in [4.78, 5) is 33.9. The van der Waals surface area contributed by atoms with Gasteiger partial charge in [-0.15, -0.1) is 0 Å². The van der Waals surface area contributed by atoms with Gasteiger partial charge < -0.3 is 19.3 Å². The summed E-state index contributed by atoms with van der Waals surface area (Å²) >= 11 is 0. The second-order valence-electron chi connectivity index (χ2n) is 8.20. The van der Waals surface area contributed by atoms with Crippen LogP contribution in [0.25, 0.3) is 11.2 Å². The summed E-state index contributed by atoms with van der Waals surface area (Å²) in [5, 5.41) is 10.7. The highest BCUT2D eigenvalue weighted by Gasteiger charge is 2.24. The quantitative estimate of drug-likeness (QED) is 0.618. The van der Waals surface area contributed by atoms with Crippen molar-refractivity contribution in [2.75, 3.05) is 24.6 Å². The average Bonchev–Trinajstić information content (AvgIpc) is 2.92. The van der Waals surface area contributed by atoms with Gasteiger partial charge in [0, 0.05) is 20.1 Å². The Morgan fingerprint density at radius 1 is 1.19 bits per heavy atom. The average molecular weight is 428 g/mol. The fraction of sp³-hybridized carbons (Fsp3) is 0.500. The molecule has 166 valence electrons. The molecule has 1 saturated heterocycles. The summed E-state index contributed by atoms with van der Waals surface area (Å²) in [6, 6.07) is 7.63. The van der Waals surface area contributed by atoms with Crippen molar-refractivity contribution in [3.8, 4) is 5.75 Å². The summed E-state index contributed by atoms with van der Waals surface area (Å²) in [7, 11) is 1.58. The zero-order valence-corrected chi connectivity index (χ0v) is 18.0. The van der Waals surface area contributed by atoms with Crippen LogP contribution in [-0.4, -0.2) is 50.0 Å². The van der Waals surface area contributed by atoms with Crippen LogP contribution < -0.4 is 20.9 Å². The van der Waals surface area contributed by atoms with Crippen LogP contribution >= 0.6 is 0 Å². The molecule has 1 aromatic carbocycles. The number of fused-ring (bicyclic) bond motifs is 1. The van der Waals surface area contributed by atoms with Gasteiger partial charge in [0.2, 0.25) is 5.95 Å². The van der Waals surface area contributed by atoms with E-state index in [0.29, 0.717) is 17.3 Å². The third-order valence-electron chi connectivity index (χ3n) is 5.70. The number of anilines is 1. The molecule has 0 saturated carbocycles. The van der Waals surface area contributed by atoms with Gasteiger partial charge in [-0.05, 0) is 37.5 Å². The number of ether oxygens (including phenoxy) is 1. The summed E-state index contributed by atoms with van der Waals surface area (Å²) in [5.74, 6) is 1.29. The first-order valence-electron chi connectivity index (χ1n) is 10.8. The molecule has 4 rings (SSSR count). The molecule has 2 aromatic heterocycles. The minimum Gasteiger partial charge on any atom is -0.491 e. The molecule has 0 radical (unpaired) electrons. The lowest BCUT2D eigenvalue weighted by Crippen LogP contribution is -2.32.